The Hall–Kier alpha value is -1.26. The second-order valence-corrected chi connectivity index (χ2v) is 9.35. The second kappa shape index (κ2) is 13.0. The average molecular weight is 503 g/mol. The van der Waals surface area contributed by atoms with E-state index in [0.29, 0.717) is 49.7 Å². The molecule has 9 heteroatoms. The molecule has 0 aliphatic heterocycles. The Morgan fingerprint density at radius 1 is 0.636 bits per heavy atom. The molecule has 2 aromatic carbocycles. The van der Waals surface area contributed by atoms with E-state index in [4.69, 9.17) is 47.9 Å². The average Bonchev–Trinajstić information content (AvgIpc) is 2.79. The molecule has 0 unspecified atom stereocenters. The van der Waals surface area contributed by atoms with Crippen molar-refractivity contribution in [2.45, 2.75) is 52.1 Å². The van der Waals surface area contributed by atoms with E-state index in [-0.39, 0.29) is 0 Å². The summed E-state index contributed by atoms with van der Waals surface area (Å²) in [6.45, 7) is 9.37. The van der Waals surface area contributed by atoms with Gasteiger partial charge in [-0.15, -0.1) is 0 Å². The summed E-state index contributed by atoms with van der Waals surface area (Å²) in [6.07, 6.45) is 0. The molecule has 0 aliphatic carbocycles. The SMILES string of the molecule is CC(C)(OO)c1ccc(COCCOCCOCc2ccc(C(C)(C)OO)cc2Cl)c(Cl)c1. The summed E-state index contributed by atoms with van der Waals surface area (Å²) in [4.78, 5) is 8.98. The van der Waals surface area contributed by atoms with Crippen LogP contribution < -0.4 is 0 Å². The summed E-state index contributed by atoms with van der Waals surface area (Å²) >= 11 is 12.6. The van der Waals surface area contributed by atoms with Crippen LogP contribution >= 0.6 is 23.2 Å². The fraction of sp³-hybridized carbons (Fsp3) is 0.500. The van der Waals surface area contributed by atoms with Crippen LogP contribution in [0, 0.1) is 0 Å². The molecule has 0 saturated heterocycles. The van der Waals surface area contributed by atoms with Gasteiger partial charge in [-0.05, 0) is 62.1 Å². The van der Waals surface area contributed by atoms with Gasteiger partial charge in [0.1, 0.15) is 11.2 Å². The minimum Gasteiger partial charge on any atom is -0.377 e. The second-order valence-electron chi connectivity index (χ2n) is 8.53. The lowest BCUT2D eigenvalue weighted by Gasteiger charge is -2.21. The number of hydrogen-bond acceptors (Lipinski definition) is 7. The Labute approximate surface area is 204 Å². The molecule has 33 heavy (non-hydrogen) atoms. The molecular weight excluding hydrogens is 471 g/mol. The molecular formula is C24H32Cl2O7. The van der Waals surface area contributed by atoms with Gasteiger partial charge in [0.2, 0.25) is 0 Å². The molecule has 7 nitrogen and oxygen atoms in total. The Bertz CT molecular complexity index is 816. The zero-order valence-electron chi connectivity index (χ0n) is 19.4. The predicted octanol–water partition coefficient (Wildman–Crippen LogP) is 6.19. The van der Waals surface area contributed by atoms with Crippen LogP contribution in [0.3, 0.4) is 0 Å². The summed E-state index contributed by atoms with van der Waals surface area (Å²) in [5.74, 6) is 0. The van der Waals surface area contributed by atoms with Crippen LogP contribution in [0.5, 0.6) is 0 Å². The van der Waals surface area contributed by atoms with E-state index >= 15 is 0 Å². The highest BCUT2D eigenvalue weighted by molar-refractivity contribution is 6.31. The van der Waals surface area contributed by atoms with Crippen molar-refractivity contribution in [2.75, 3.05) is 26.4 Å². The van der Waals surface area contributed by atoms with Crippen molar-refractivity contribution in [3.63, 3.8) is 0 Å². The Balaban J connectivity index is 1.62. The van der Waals surface area contributed by atoms with Gasteiger partial charge < -0.3 is 14.2 Å². The van der Waals surface area contributed by atoms with Crippen LogP contribution in [0.15, 0.2) is 36.4 Å². The first-order valence-electron chi connectivity index (χ1n) is 10.6. The van der Waals surface area contributed by atoms with Crippen molar-refractivity contribution >= 4 is 23.2 Å². The maximum atomic E-state index is 8.99. The van der Waals surface area contributed by atoms with Crippen molar-refractivity contribution in [1.29, 1.82) is 0 Å². The smallest absolute Gasteiger partial charge is 0.123 e. The Kier molecular flexibility index (Phi) is 11.0. The van der Waals surface area contributed by atoms with Crippen LogP contribution in [0.1, 0.15) is 49.9 Å². The van der Waals surface area contributed by atoms with Crippen LogP contribution in [0.2, 0.25) is 10.0 Å². The fourth-order valence-corrected chi connectivity index (χ4v) is 3.36. The highest BCUT2D eigenvalue weighted by atomic mass is 35.5. The molecule has 2 aromatic rings. The summed E-state index contributed by atoms with van der Waals surface area (Å²) < 4.78 is 16.8. The van der Waals surface area contributed by atoms with E-state index in [1.165, 1.54) is 0 Å². The van der Waals surface area contributed by atoms with Crippen molar-refractivity contribution in [3.8, 4) is 0 Å². The largest absolute Gasteiger partial charge is 0.377 e. The number of ether oxygens (including phenoxy) is 3. The molecule has 2 rings (SSSR count). The first-order valence-corrected chi connectivity index (χ1v) is 11.3. The number of benzene rings is 2. The lowest BCUT2D eigenvalue weighted by Crippen LogP contribution is -2.19. The van der Waals surface area contributed by atoms with Gasteiger partial charge in [0, 0.05) is 10.0 Å². The van der Waals surface area contributed by atoms with E-state index in [2.05, 4.69) is 9.78 Å². The van der Waals surface area contributed by atoms with E-state index in [1.807, 2.05) is 24.3 Å². The highest BCUT2D eigenvalue weighted by Crippen LogP contribution is 2.29. The predicted molar refractivity (Wildman–Crippen MR) is 127 cm³/mol. The molecule has 0 amide bonds. The standard InChI is InChI=1S/C24H32Cl2O7/c1-23(2,32-27)19-7-5-17(21(25)13-19)15-30-11-9-29-10-12-31-16-18-6-8-20(14-22(18)26)24(3,4)33-28/h5-8,13-14,27-28H,9-12,15-16H2,1-4H3. The van der Waals surface area contributed by atoms with Gasteiger partial charge in [-0.2, -0.15) is 0 Å². The van der Waals surface area contributed by atoms with Gasteiger partial charge in [0.15, 0.2) is 0 Å². The molecule has 0 radical (unpaired) electrons. The topological polar surface area (TPSA) is 86.6 Å². The van der Waals surface area contributed by atoms with Crippen LogP contribution in [0.4, 0.5) is 0 Å². The third-order valence-electron chi connectivity index (χ3n) is 5.21. The van der Waals surface area contributed by atoms with Gasteiger partial charge in [0.05, 0.1) is 39.6 Å². The van der Waals surface area contributed by atoms with Crippen LogP contribution in [0.25, 0.3) is 0 Å². The minimum atomic E-state index is -0.834. The highest BCUT2D eigenvalue weighted by Gasteiger charge is 2.23. The first-order chi connectivity index (χ1) is 15.6. The van der Waals surface area contributed by atoms with Crippen molar-refractivity contribution in [1.82, 2.24) is 0 Å². The summed E-state index contributed by atoms with van der Waals surface area (Å²) in [6, 6.07) is 10.9. The Morgan fingerprint density at radius 3 is 1.33 bits per heavy atom. The first kappa shape index (κ1) is 28.0. The summed E-state index contributed by atoms with van der Waals surface area (Å²) in [5.41, 5.74) is 1.55. The third-order valence-corrected chi connectivity index (χ3v) is 5.92. The number of halogens is 2. The molecule has 2 N–H and O–H groups in total. The quantitative estimate of drug-likeness (QED) is 0.181. The molecule has 0 saturated carbocycles. The van der Waals surface area contributed by atoms with Crippen molar-refractivity contribution in [3.05, 3.63) is 68.7 Å². The number of rotatable bonds is 14. The van der Waals surface area contributed by atoms with Crippen LogP contribution in [-0.4, -0.2) is 36.9 Å². The molecule has 0 heterocycles. The van der Waals surface area contributed by atoms with E-state index in [1.54, 1.807) is 39.8 Å². The zero-order valence-corrected chi connectivity index (χ0v) is 20.9. The molecule has 184 valence electrons. The lowest BCUT2D eigenvalue weighted by molar-refractivity contribution is -0.318. The Morgan fingerprint density at radius 2 is 1.00 bits per heavy atom. The lowest BCUT2D eigenvalue weighted by atomic mass is 9.97. The molecule has 0 bridgehead atoms. The maximum absolute atomic E-state index is 8.99. The normalized spacial score (nSPS) is 12.4. The summed E-state index contributed by atoms with van der Waals surface area (Å²) in [7, 11) is 0. The molecule has 0 atom stereocenters. The maximum Gasteiger partial charge on any atom is 0.123 e. The zero-order chi connectivity index (χ0) is 24.5. The minimum absolute atomic E-state index is 0.353. The van der Waals surface area contributed by atoms with Gasteiger partial charge in [0.25, 0.3) is 0 Å². The van der Waals surface area contributed by atoms with Gasteiger partial charge >= 0.3 is 0 Å². The number of hydrogen-bond donors (Lipinski definition) is 2. The van der Waals surface area contributed by atoms with E-state index < -0.39 is 11.2 Å². The monoisotopic (exact) mass is 502 g/mol. The molecule has 0 aromatic heterocycles. The summed E-state index contributed by atoms with van der Waals surface area (Å²) in [5, 5.41) is 19.1. The van der Waals surface area contributed by atoms with E-state index in [9.17, 15) is 0 Å². The fourth-order valence-electron chi connectivity index (χ4n) is 2.89. The van der Waals surface area contributed by atoms with Crippen molar-refractivity contribution < 1.29 is 34.5 Å². The van der Waals surface area contributed by atoms with Gasteiger partial charge in [-0.3, -0.25) is 10.5 Å². The molecule has 0 aliphatic rings. The van der Waals surface area contributed by atoms with E-state index in [0.717, 1.165) is 22.3 Å². The third kappa shape index (κ3) is 8.47. The van der Waals surface area contributed by atoms with Gasteiger partial charge in [-0.25, -0.2) is 9.78 Å². The van der Waals surface area contributed by atoms with Gasteiger partial charge in [-0.1, -0.05) is 47.5 Å². The molecule has 0 fully saturated rings. The molecule has 0 spiro atoms. The van der Waals surface area contributed by atoms with Crippen molar-refractivity contribution in [2.24, 2.45) is 0 Å². The van der Waals surface area contributed by atoms with Crippen LogP contribution in [-0.2, 0) is 48.4 Å².